The third-order valence-corrected chi connectivity index (χ3v) is 13.9. The van der Waals surface area contributed by atoms with E-state index in [1.807, 2.05) is 0 Å². The predicted octanol–water partition coefficient (Wildman–Crippen LogP) is -4.19. The molecule has 0 aliphatic heterocycles. The van der Waals surface area contributed by atoms with Crippen LogP contribution in [0.25, 0.3) is 10.9 Å². The summed E-state index contributed by atoms with van der Waals surface area (Å²) in [4.78, 5) is 168. The van der Waals surface area contributed by atoms with Crippen molar-refractivity contribution in [3.05, 3.63) is 36.0 Å². The van der Waals surface area contributed by atoms with Gasteiger partial charge in [0.05, 0.1) is 19.1 Å². The van der Waals surface area contributed by atoms with Crippen molar-refractivity contribution in [2.75, 3.05) is 13.2 Å². The lowest BCUT2D eigenvalue weighted by Crippen LogP contribution is -2.61. The number of rotatable bonds is 38. The number of nitrogens with zero attached hydrogens (tertiary/aromatic N) is 1. The molecule has 85 heavy (non-hydrogen) atoms. The summed E-state index contributed by atoms with van der Waals surface area (Å²) in [6, 6.07) is -8.28. The number of aliphatic imine (C=N–C) groups is 1. The van der Waals surface area contributed by atoms with E-state index < -0.39 is 175 Å². The first-order valence-electron chi connectivity index (χ1n) is 28.0. The van der Waals surface area contributed by atoms with Crippen molar-refractivity contribution < 1.29 is 78.0 Å². The molecule has 13 atom stereocenters. The van der Waals surface area contributed by atoms with Crippen LogP contribution in [-0.2, 0) is 64.0 Å². The molecular formula is C54H87N15O16. The highest BCUT2D eigenvalue weighted by Gasteiger charge is 2.38. The molecule has 0 unspecified atom stereocenters. The summed E-state index contributed by atoms with van der Waals surface area (Å²) in [5.74, 6) is -14.6. The van der Waals surface area contributed by atoms with E-state index in [-0.39, 0.29) is 50.5 Å². The number of nitrogens with one attached hydrogen (secondary N) is 10. The maximum Gasteiger partial charge on any atom is 0.328 e. The number of primary amides is 1. The number of aliphatic carboxylic acids is 2. The lowest BCUT2D eigenvalue weighted by Gasteiger charge is -2.29. The molecule has 2 rings (SSSR count). The molecule has 0 radical (unpaired) electrons. The minimum absolute atomic E-state index is 0.0368. The first-order chi connectivity index (χ1) is 39.8. The van der Waals surface area contributed by atoms with E-state index in [1.165, 1.54) is 6.92 Å². The Labute approximate surface area is 491 Å². The topological polar surface area (TPSA) is 526 Å². The zero-order valence-corrected chi connectivity index (χ0v) is 49.2. The second-order valence-electron chi connectivity index (χ2n) is 21.4. The van der Waals surface area contributed by atoms with Crippen LogP contribution in [0, 0.1) is 17.8 Å². The van der Waals surface area contributed by atoms with Crippen molar-refractivity contribution in [1.29, 1.82) is 0 Å². The number of carboxylic acid groups (broad SMARTS) is 2. The van der Waals surface area contributed by atoms with Gasteiger partial charge >= 0.3 is 11.9 Å². The average molecular weight is 1200 g/mol. The van der Waals surface area contributed by atoms with Gasteiger partial charge in [-0.3, -0.25) is 57.7 Å². The Morgan fingerprint density at radius 1 is 0.588 bits per heavy atom. The number of aliphatic hydroxyl groups excluding tert-OH is 2. The van der Waals surface area contributed by atoms with Gasteiger partial charge in [-0.2, -0.15) is 0 Å². The van der Waals surface area contributed by atoms with E-state index >= 15 is 0 Å². The Balaban J connectivity index is 2.55. The number of aromatic amines is 1. The minimum Gasteiger partial charge on any atom is -0.481 e. The summed E-state index contributed by atoms with van der Waals surface area (Å²) in [5.41, 5.74) is 23.3. The van der Waals surface area contributed by atoms with Crippen LogP contribution in [0.1, 0.15) is 112 Å². The molecule has 0 spiro atoms. The highest BCUT2D eigenvalue weighted by molar-refractivity contribution is 6.00. The third-order valence-electron chi connectivity index (χ3n) is 13.9. The number of carbonyl (C=O) groups is 12. The standard InChI is InChI=1S/C54H87N15O16/c1-9-26(5)41(67-45(76)32(55)24-70)51(82)61-28(7)44(75)64-37(21-30-23-60-33-15-12-11-14-31(30)33)49(80)66-38(22-39(56)72)50(81)65-36(20-25(3)4)48(79)63-35(17-18-40(73)74)46(77)62-34(16-13-19-59-54(57)58)47(78)68-42(27(6)10-2)52(83)69-43(29(8)71)53(84)85/h11-12,14-15,23,25-29,32,34-38,41-43,60,70-71H,9-10,13,16-22,24,55H2,1-8H3,(H2,56,72)(H,61,82)(H,62,77)(H,63,79)(H,64,75)(H,65,81)(H,66,80)(H,67,76)(H,68,78)(H,69,83)(H,73,74)(H,84,85)(H4,57,58,59)/t26-,27-,28-,29+,32-,34-,35-,36-,37-,38-,41-,42-,43-/m0/s1. The van der Waals surface area contributed by atoms with E-state index in [1.54, 1.807) is 72.0 Å². The molecule has 474 valence electrons. The zero-order chi connectivity index (χ0) is 64.4. The SMILES string of the molecule is CC[C@H](C)[C@H](NC(=O)[C@H](CCCN=C(N)N)NC(=O)[C@H](CCC(=O)O)NC(=O)[C@H](CC(C)C)NC(=O)[C@H](CC(N)=O)NC(=O)[C@H](Cc1c[nH]c2ccccc12)NC(=O)[C@H](C)NC(=O)[C@@H](NC(=O)[C@@H](N)CO)[C@@H](C)CC)C(=O)N[C@H](C(=O)O)[C@@H](C)O. The van der Waals surface area contributed by atoms with Gasteiger partial charge in [-0.05, 0) is 68.9 Å². The maximum atomic E-state index is 14.5. The number of aromatic nitrogens is 1. The first kappa shape index (κ1) is 72.7. The fraction of sp³-hybridized carbons (Fsp3) is 0.611. The lowest BCUT2D eigenvalue weighted by atomic mass is 9.96. The smallest absolute Gasteiger partial charge is 0.328 e. The molecule has 2 aromatic rings. The average Bonchev–Trinajstić information content (AvgIpc) is 2.83. The number of para-hydroxylation sites is 1. The number of aliphatic hydroxyl groups is 2. The molecule has 31 heteroatoms. The molecule has 1 aromatic heterocycles. The van der Waals surface area contributed by atoms with Crippen LogP contribution in [0.4, 0.5) is 0 Å². The Kier molecular flexibility index (Phi) is 30.5. The second-order valence-corrected chi connectivity index (χ2v) is 21.4. The van der Waals surface area contributed by atoms with Gasteiger partial charge in [0.15, 0.2) is 12.0 Å². The summed E-state index contributed by atoms with van der Waals surface area (Å²) in [6.45, 7) is 11.7. The van der Waals surface area contributed by atoms with E-state index in [9.17, 15) is 78.0 Å². The van der Waals surface area contributed by atoms with Crippen LogP contribution in [0.5, 0.6) is 0 Å². The van der Waals surface area contributed by atoms with Crippen molar-refractivity contribution >= 4 is 87.9 Å². The van der Waals surface area contributed by atoms with Crippen molar-refractivity contribution in [3.8, 4) is 0 Å². The molecule has 0 fully saturated rings. The number of carbonyl (C=O) groups excluding carboxylic acids is 10. The number of carboxylic acids is 2. The van der Waals surface area contributed by atoms with Gasteiger partial charge in [0, 0.05) is 36.5 Å². The maximum absolute atomic E-state index is 14.5. The van der Waals surface area contributed by atoms with Crippen molar-refractivity contribution in [3.63, 3.8) is 0 Å². The number of amides is 10. The van der Waals surface area contributed by atoms with E-state index in [0.29, 0.717) is 22.9 Å². The van der Waals surface area contributed by atoms with Gasteiger partial charge in [0.25, 0.3) is 0 Å². The monoisotopic (exact) mass is 1200 g/mol. The molecule has 22 N–H and O–H groups in total. The summed E-state index contributed by atoms with van der Waals surface area (Å²) in [6.07, 6.45) is -1.99. The number of fused-ring (bicyclic) bond motifs is 1. The molecular weight excluding hydrogens is 1110 g/mol. The fourth-order valence-electron chi connectivity index (χ4n) is 8.54. The summed E-state index contributed by atoms with van der Waals surface area (Å²) in [7, 11) is 0. The summed E-state index contributed by atoms with van der Waals surface area (Å²) >= 11 is 0. The fourth-order valence-corrected chi connectivity index (χ4v) is 8.54. The van der Waals surface area contributed by atoms with Crippen molar-refractivity contribution in [2.24, 2.45) is 45.7 Å². The van der Waals surface area contributed by atoms with Gasteiger partial charge in [0.1, 0.15) is 54.4 Å². The molecule has 0 saturated carbocycles. The Morgan fingerprint density at radius 3 is 1.60 bits per heavy atom. The number of hydrogen-bond donors (Lipinski definition) is 18. The largest absolute Gasteiger partial charge is 0.481 e. The van der Waals surface area contributed by atoms with Crippen LogP contribution < -0.4 is 70.8 Å². The van der Waals surface area contributed by atoms with Gasteiger partial charge < -0.3 is 96.2 Å². The van der Waals surface area contributed by atoms with Crippen LogP contribution in [0.3, 0.4) is 0 Å². The second kappa shape index (κ2) is 35.6. The van der Waals surface area contributed by atoms with Crippen LogP contribution in [0.15, 0.2) is 35.5 Å². The lowest BCUT2D eigenvalue weighted by molar-refractivity contribution is -0.145. The molecule has 1 heterocycles. The number of H-pyrrole nitrogens is 1. The van der Waals surface area contributed by atoms with Crippen LogP contribution in [0.2, 0.25) is 0 Å². The van der Waals surface area contributed by atoms with E-state index in [2.05, 4.69) is 57.8 Å². The number of guanidine groups is 1. The van der Waals surface area contributed by atoms with Crippen LogP contribution >= 0.6 is 0 Å². The molecule has 0 saturated heterocycles. The Hall–Kier alpha value is -8.45. The van der Waals surface area contributed by atoms with E-state index in [0.717, 1.165) is 6.92 Å². The molecule has 0 bridgehead atoms. The number of benzene rings is 1. The van der Waals surface area contributed by atoms with Gasteiger partial charge in [0.2, 0.25) is 59.1 Å². The molecule has 0 aliphatic rings. The highest BCUT2D eigenvalue weighted by Crippen LogP contribution is 2.20. The normalized spacial score (nSPS) is 15.8. The molecule has 0 aliphatic carbocycles. The highest BCUT2D eigenvalue weighted by atomic mass is 16.4. The van der Waals surface area contributed by atoms with Crippen LogP contribution in [-0.4, -0.2) is 182 Å². The minimum atomic E-state index is -1.83. The van der Waals surface area contributed by atoms with Crippen molar-refractivity contribution in [2.45, 2.75) is 180 Å². The number of hydrogen-bond acceptors (Lipinski definition) is 16. The van der Waals surface area contributed by atoms with Crippen molar-refractivity contribution in [1.82, 2.24) is 52.8 Å². The van der Waals surface area contributed by atoms with Gasteiger partial charge in [-0.1, -0.05) is 72.6 Å². The summed E-state index contributed by atoms with van der Waals surface area (Å²) in [5, 5.41) is 61.5. The molecule has 31 nitrogen and oxygen atoms in total. The van der Waals surface area contributed by atoms with Gasteiger partial charge in [-0.15, -0.1) is 0 Å². The molecule has 10 amide bonds. The Morgan fingerprint density at radius 2 is 1.07 bits per heavy atom. The quantitative estimate of drug-likeness (QED) is 0.0172. The van der Waals surface area contributed by atoms with Gasteiger partial charge in [-0.25, -0.2) is 4.79 Å². The summed E-state index contributed by atoms with van der Waals surface area (Å²) < 4.78 is 0. The number of nitrogens with two attached hydrogens (primary N) is 4. The Bertz CT molecular complexity index is 2680. The molecule has 1 aromatic carbocycles. The first-order valence-corrected chi connectivity index (χ1v) is 28.0. The third kappa shape index (κ3) is 24.4. The zero-order valence-electron chi connectivity index (χ0n) is 49.2. The van der Waals surface area contributed by atoms with E-state index in [4.69, 9.17) is 22.9 Å². The predicted molar refractivity (Wildman–Crippen MR) is 308 cm³/mol.